The van der Waals surface area contributed by atoms with E-state index in [9.17, 15) is 13.2 Å². The van der Waals surface area contributed by atoms with Crippen LogP contribution in [0.15, 0.2) is 54.0 Å². The van der Waals surface area contributed by atoms with Gasteiger partial charge in [-0.1, -0.05) is 45.1 Å². The maximum atomic E-state index is 12.8. The molecule has 0 amide bonds. The second-order valence-electron chi connectivity index (χ2n) is 7.58. The minimum absolute atomic E-state index is 0.0651. The van der Waals surface area contributed by atoms with Gasteiger partial charge >= 0.3 is 6.18 Å². The highest BCUT2D eigenvalue weighted by Crippen LogP contribution is 2.34. The maximum absolute atomic E-state index is 12.8. The molecule has 2 rings (SSSR count). The van der Waals surface area contributed by atoms with Crippen molar-refractivity contribution in [2.45, 2.75) is 53.8 Å². The van der Waals surface area contributed by atoms with E-state index in [1.165, 1.54) is 13.0 Å². The van der Waals surface area contributed by atoms with Crippen molar-refractivity contribution in [3.63, 3.8) is 0 Å². The lowest BCUT2D eigenvalue weighted by atomic mass is 9.92. The third kappa shape index (κ3) is 7.13. The monoisotopic (exact) mass is 382 g/mol. The zero-order chi connectivity index (χ0) is 20.8. The Hall–Kier alpha value is -2.21. The Morgan fingerprint density at radius 2 is 1.78 bits per heavy atom. The molecule has 0 saturated carbocycles. The molecule has 0 aromatic heterocycles. The molecule has 1 aromatic carbocycles. The van der Waals surface area contributed by atoms with Gasteiger partial charge in [0.25, 0.3) is 0 Å². The van der Waals surface area contributed by atoms with E-state index in [0.29, 0.717) is 0 Å². The van der Waals surface area contributed by atoms with Crippen molar-refractivity contribution in [1.82, 2.24) is 10.9 Å². The fourth-order valence-corrected chi connectivity index (χ4v) is 2.74. The fraction of sp³-hybridized carbons (Fsp3) is 0.429. The van der Waals surface area contributed by atoms with E-state index in [-0.39, 0.29) is 17.0 Å². The van der Waals surface area contributed by atoms with E-state index in [0.717, 1.165) is 29.2 Å². The summed E-state index contributed by atoms with van der Waals surface area (Å²) in [5.74, 6) is 0. The molecule has 3 N–H and O–H groups in total. The van der Waals surface area contributed by atoms with Crippen LogP contribution in [0.1, 0.15) is 57.4 Å². The second-order valence-corrected chi connectivity index (χ2v) is 7.58. The van der Waals surface area contributed by atoms with E-state index in [1.807, 2.05) is 13.0 Å². The van der Waals surface area contributed by atoms with Gasteiger partial charge in [-0.3, -0.25) is 0 Å². The Morgan fingerprint density at radius 1 is 1.19 bits per heavy atom. The molecule has 1 aliphatic rings. The van der Waals surface area contributed by atoms with Crippen LogP contribution in [0.2, 0.25) is 0 Å². The second kappa shape index (κ2) is 9.13. The number of aliphatic hydroxyl groups excluding tert-OH is 1. The van der Waals surface area contributed by atoms with Crippen molar-refractivity contribution < 1.29 is 18.3 Å². The smallest absolute Gasteiger partial charge is 0.416 e. The SMILES string of the molecule is C/C(=C\C(C)(C)C)C1=CC(c2ccc(C(F)(F)F)c(C)c2)NN1.C/C=C/O. The van der Waals surface area contributed by atoms with E-state index >= 15 is 0 Å². The number of nitrogens with one attached hydrogen (secondary N) is 2. The summed E-state index contributed by atoms with van der Waals surface area (Å²) in [6.07, 6.45) is 2.41. The van der Waals surface area contributed by atoms with Gasteiger partial charge < -0.3 is 10.5 Å². The fourth-order valence-electron chi connectivity index (χ4n) is 2.74. The van der Waals surface area contributed by atoms with Gasteiger partial charge in [-0.15, -0.1) is 0 Å². The molecule has 0 bridgehead atoms. The molecule has 27 heavy (non-hydrogen) atoms. The van der Waals surface area contributed by atoms with Crippen molar-refractivity contribution in [2.24, 2.45) is 5.41 Å². The number of halogens is 3. The predicted molar refractivity (Wildman–Crippen MR) is 104 cm³/mol. The van der Waals surface area contributed by atoms with Crippen LogP contribution in [0.4, 0.5) is 13.2 Å². The average Bonchev–Trinajstić information content (AvgIpc) is 3.02. The van der Waals surface area contributed by atoms with Crippen LogP contribution in [0.25, 0.3) is 0 Å². The van der Waals surface area contributed by atoms with Crippen LogP contribution < -0.4 is 10.9 Å². The lowest BCUT2D eigenvalue weighted by Gasteiger charge is -2.15. The number of alkyl halides is 3. The van der Waals surface area contributed by atoms with Gasteiger partial charge in [0.2, 0.25) is 0 Å². The van der Waals surface area contributed by atoms with Crippen LogP contribution in [0, 0.1) is 12.3 Å². The molecule has 6 heteroatoms. The summed E-state index contributed by atoms with van der Waals surface area (Å²) >= 11 is 0. The van der Waals surface area contributed by atoms with E-state index < -0.39 is 11.7 Å². The maximum Gasteiger partial charge on any atom is 0.416 e. The third-order valence-electron chi connectivity index (χ3n) is 3.83. The molecule has 0 fully saturated rings. The van der Waals surface area contributed by atoms with Gasteiger partial charge in [-0.2, -0.15) is 13.2 Å². The highest BCUT2D eigenvalue weighted by molar-refractivity contribution is 5.40. The third-order valence-corrected chi connectivity index (χ3v) is 3.83. The molecule has 1 atom stereocenters. The van der Waals surface area contributed by atoms with E-state index in [4.69, 9.17) is 5.11 Å². The molecule has 0 aliphatic carbocycles. The number of hydrogen-bond acceptors (Lipinski definition) is 3. The summed E-state index contributed by atoms with van der Waals surface area (Å²) < 4.78 is 38.5. The first kappa shape index (κ1) is 22.8. The lowest BCUT2D eigenvalue weighted by molar-refractivity contribution is -0.138. The van der Waals surface area contributed by atoms with Crippen LogP contribution in [-0.2, 0) is 6.18 Å². The van der Waals surface area contributed by atoms with Crippen LogP contribution in [-0.4, -0.2) is 5.11 Å². The zero-order valence-corrected chi connectivity index (χ0v) is 16.7. The zero-order valence-electron chi connectivity index (χ0n) is 16.7. The van der Waals surface area contributed by atoms with Gasteiger partial charge in [-0.05, 0) is 55.0 Å². The average molecular weight is 382 g/mol. The van der Waals surface area contributed by atoms with Crippen LogP contribution in [0.5, 0.6) is 0 Å². The quantitative estimate of drug-likeness (QED) is 0.540. The van der Waals surface area contributed by atoms with Crippen molar-refractivity contribution in [2.75, 3.05) is 0 Å². The number of allylic oxidation sites excluding steroid dienone is 3. The molecule has 0 radical (unpaired) electrons. The van der Waals surface area contributed by atoms with E-state index in [2.05, 4.69) is 37.7 Å². The summed E-state index contributed by atoms with van der Waals surface area (Å²) in [5, 5.41) is 7.69. The molecule has 0 saturated heterocycles. The Kier molecular flexibility index (Phi) is 7.72. The number of hydrogen-bond donors (Lipinski definition) is 3. The van der Waals surface area contributed by atoms with Crippen LogP contribution >= 0.6 is 0 Å². The van der Waals surface area contributed by atoms with Crippen molar-refractivity contribution in [1.29, 1.82) is 0 Å². The number of aliphatic hydroxyl groups is 1. The van der Waals surface area contributed by atoms with Crippen LogP contribution in [0.3, 0.4) is 0 Å². The number of rotatable bonds is 2. The molecule has 0 spiro atoms. The number of hydrazine groups is 1. The first-order valence-corrected chi connectivity index (χ1v) is 8.75. The summed E-state index contributed by atoms with van der Waals surface area (Å²) in [5.41, 5.74) is 8.82. The minimum Gasteiger partial charge on any atom is -0.516 e. The predicted octanol–water partition coefficient (Wildman–Crippen LogP) is 6.12. The van der Waals surface area contributed by atoms with E-state index in [1.54, 1.807) is 19.1 Å². The van der Waals surface area contributed by atoms with Gasteiger partial charge in [0.05, 0.1) is 17.9 Å². The first-order chi connectivity index (χ1) is 12.4. The summed E-state index contributed by atoms with van der Waals surface area (Å²) in [6.45, 7) is 11.6. The van der Waals surface area contributed by atoms with Gasteiger partial charge in [-0.25, -0.2) is 5.43 Å². The Morgan fingerprint density at radius 3 is 2.22 bits per heavy atom. The number of benzene rings is 1. The van der Waals surface area contributed by atoms with Gasteiger partial charge in [0.1, 0.15) is 0 Å². The molecule has 1 aromatic rings. The Bertz CT molecular complexity index is 722. The Balaban J connectivity index is 0.000000828. The first-order valence-electron chi connectivity index (χ1n) is 8.75. The summed E-state index contributed by atoms with van der Waals surface area (Å²) in [7, 11) is 0. The van der Waals surface area contributed by atoms with Crippen molar-refractivity contribution in [3.8, 4) is 0 Å². The molecule has 1 unspecified atom stereocenters. The normalized spacial score (nSPS) is 18.0. The molecular formula is C21H29F3N2O. The van der Waals surface area contributed by atoms with Crippen molar-refractivity contribution in [3.05, 3.63) is 70.6 Å². The van der Waals surface area contributed by atoms with Gasteiger partial charge in [0, 0.05) is 5.70 Å². The minimum atomic E-state index is -4.31. The highest BCUT2D eigenvalue weighted by atomic mass is 19.4. The lowest BCUT2D eigenvalue weighted by Crippen LogP contribution is -2.27. The standard InChI is InChI=1S/C18H23F3N2.C3H6O/c1-11-8-13(6-7-14(11)18(19,20)21)16-9-15(22-23-16)12(2)10-17(3,4)5;1-2-3-4/h6-10,16,22-23H,1-5H3;2-4H,1H3/b12-10+;3-2+. The number of aryl methyl sites for hydroxylation is 1. The highest BCUT2D eigenvalue weighted by Gasteiger charge is 2.32. The molecule has 1 heterocycles. The molecular weight excluding hydrogens is 353 g/mol. The molecule has 1 aliphatic heterocycles. The molecule has 150 valence electrons. The molecule has 3 nitrogen and oxygen atoms in total. The summed E-state index contributed by atoms with van der Waals surface area (Å²) in [6, 6.07) is 4.12. The summed E-state index contributed by atoms with van der Waals surface area (Å²) in [4.78, 5) is 0. The van der Waals surface area contributed by atoms with Crippen molar-refractivity contribution >= 4 is 0 Å². The topological polar surface area (TPSA) is 44.3 Å². The Labute approximate surface area is 159 Å². The largest absolute Gasteiger partial charge is 0.516 e. The van der Waals surface area contributed by atoms with Gasteiger partial charge in [0.15, 0.2) is 0 Å².